The first kappa shape index (κ1) is 15.9. The van der Waals surface area contributed by atoms with Crippen LogP contribution in [0.1, 0.15) is 25.0 Å². The van der Waals surface area contributed by atoms with Gasteiger partial charge in [0.15, 0.2) is 0 Å². The van der Waals surface area contributed by atoms with Crippen LogP contribution in [-0.2, 0) is 6.54 Å². The lowest BCUT2D eigenvalue weighted by Gasteiger charge is -2.21. The molecule has 21 heavy (non-hydrogen) atoms. The van der Waals surface area contributed by atoms with Crippen LogP contribution in [0.15, 0.2) is 46.9 Å². The molecule has 0 amide bonds. The van der Waals surface area contributed by atoms with E-state index < -0.39 is 0 Å². The van der Waals surface area contributed by atoms with Gasteiger partial charge in [-0.15, -0.1) is 0 Å². The molecule has 0 bridgehead atoms. The minimum absolute atomic E-state index is 0.848. The lowest BCUT2D eigenvalue weighted by atomic mass is 10.1. The van der Waals surface area contributed by atoms with Crippen LogP contribution in [0, 0.1) is 6.92 Å². The number of halogens is 1. The van der Waals surface area contributed by atoms with Gasteiger partial charge in [-0.25, -0.2) is 0 Å². The standard InChI is InChI=1S/C18H23BrN2/c1-4-21(5-2)17-9-6-15(7-10-17)13-20-18-11-8-16(19)12-14(18)3/h6-12,20H,4-5,13H2,1-3H3. The molecule has 2 aromatic rings. The van der Waals surface area contributed by atoms with Crippen molar-refractivity contribution in [2.45, 2.75) is 27.3 Å². The number of aryl methyl sites for hydroxylation is 1. The van der Waals surface area contributed by atoms with Gasteiger partial charge in [-0.1, -0.05) is 28.1 Å². The molecule has 0 fully saturated rings. The summed E-state index contributed by atoms with van der Waals surface area (Å²) in [5.74, 6) is 0. The molecule has 2 nitrogen and oxygen atoms in total. The Morgan fingerprint density at radius 3 is 2.24 bits per heavy atom. The second-order valence-corrected chi connectivity index (χ2v) is 6.07. The van der Waals surface area contributed by atoms with Crippen LogP contribution < -0.4 is 10.2 Å². The fourth-order valence-electron chi connectivity index (χ4n) is 2.44. The maximum atomic E-state index is 3.50. The molecule has 0 spiro atoms. The van der Waals surface area contributed by atoms with Gasteiger partial charge in [-0.2, -0.15) is 0 Å². The van der Waals surface area contributed by atoms with Gasteiger partial charge >= 0.3 is 0 Å². The normalized spacial score (nSPS) is 10.5. The molecule has 0 radical (unpaired) electrons. The summed E-state index contributed by atoms with van der Waals surface area (Å²) < 4.78 is 1.12. The first-order valence-corrected chi connectivity index (χ1v) is 8.27. The van der Waals surface area contributed by atoms with E-state index >= 15 is 0 Å². The molecule has 0 aromatic heterocycles. The molecular weight excluding hydrogens is 324 g/mol. The van der Waals surface area contributed by atoms with Gasteiger partial charge in [0.1, 0.15) is 0 Å². The largest absolute Gasteiger partial charge is 0.381 e. The Balaban J connectivity index is 2.00. The van der Waals surface area contributed by atoms with Crippen molar-refractivity contribution in [1.29, 1.82) is 0 Å². The molecule has 112 valence electrons. The minimum Gasteiger partial charge on any atom is -0.381 e. The highest BCUT2D eigenvalue weighted by Gasteiger charge is 2.02. The number of hydrogen-bond acceptors (Lipinski definition) is 2. The van der Waals surface area contributed by atoms with Crippen LogP contribution in [0.5, 0.6) is 0 Å². The summed E-state index contributed by atoms with van der Waals surface area (Å²) in [5, 5.41) is 3.50. The predicted molar refractivity (Wildman–Crippen MR) is 96.2 cm³/mol. The van der Waals surface area contributed by atoms with E-state index in [9.17, 15) is 0 Å². The van der Waals surface area contributed by atoms with Crippen LogP contribution >= 0.6 is 15.9 Å². The summed E-state index contributed by atoms with van der Waals surface area (Å²) in [7, 11) is 0. The molecule has 3 heteroatoms. The van der Waals surface area contributed by atoms with E-state index in [1.165, 1.54) is 22.5 Å². The highest BCUT2D eigenvalue weighted by Crippen LogP contribution is 2.21. The molecular formula is C18H23BrN2. The molecule has 0 aliphatic heterocycles. The third kappa shape index (κ3) is 4.24. The molecule has 1 N–H and O–H groups in total. The van der Waals surface area contributed by atoms with Gasteiger partial charge in [-0.3, -0.25) is 0 Å². The maximum absolute atomic E-state index is 3.50. The third-order valence-electron chi connectivity index (χ3n) is 3.74. The molecule has 0 aliphatic carbocycles. The van der Waals surface area contributed by atoms with E-state index in [0.717, 1.165) is 24.1 Å². The highest BCUT2D eigenvalue weighted by molar-refractivity contribution is 9.10. The van der Waals surface area contributed by atoms with Crippen molar-refractivity contribution in [2.75, 3.05) is 23.3 Å². The average molecular weight is 347 g/mol. The van der Waals surface area contributed by atoms with Crippen LogP contribution in [0.3, 0.4) is 0 Å². The van der Waals surface area contributed by atoms with Crippen molar-refractivity contribution in [1.82, 2.24) is 0 Å². The topological polar surface area (TPSA) is 15.3 Å². The Morgan fingerprint density at radius 1 is 1.00 bits per heavy atom. The Morgan fingerprint density at radius 2 is 1.67 bits per heavy atom. The van der Waals surface area contributed by atoms with Gasteiger partial charge in [0.25, 0.3) is 0 Å². The molecule has 0 atom stereocenters. The molecule has 0 unspecified atom stereocenters. The van der Waals surface area contributed by atoms with E-state index in [-0.39, 0.29) is 0 Å². The van der Waals surface area contributed by atoms with Crippen molar-refractivity contribution in [2.24, 2.45) is 0 Å². The Kier molecular flexibility index (Phi) is 5.68. The van der Waals surface area contributed by atoms with Gasteiger partial charge in [0, 0.05) is 35.5 Å². The van der Waals surface area contributed by atoms with Crippen LogP contribution in [0.2, 0.25) is 0 Å². The second kappa shape index (κ2) is 7.51. The zero-order chi connectivity index (χ0) is 15.2. The first-order chi connectivity index (χ1) is 10.1. The van der Waals surface area contributed by atoms with Crippen LogP contribution in [-0.4, -0.2) is 13.1 Å². The molecule has 0 saturated carbocycles. The molecule has 0 aliphatic rings. The summed E-state index contributed by atoms with van der Waals surface area (Å²) in [6, 6.07) is 15.1. The van der Waals surface area contributed by atoms with E-state index in [1.807, 2.05) is 0 Å². The first-order valence-electron chi connectivity index (χ1n) is 7.48. The lowest BCUT2D eigenvalue weighted by molar-refractivity contribution is 0.865. The van der Waals surface area contributed by atoms with Crippen LogP contribution in [0.25, 0.3) is 0 Å². The summed E-state index contributed by atoms with van der Waals surface area (Å²) in [5.41, 5.74) is 5.03. The monoisotopic (exact) mass is 346 g/mol. The fourth-order valence-corrected chi connectivity index (χ4v) is 2.91. The maximum Gasteiger partial charge on any atom is 0.0400 e. The van der Waals surface area contributed by atoms with Crippen molar-refractivity contribution >= 4 is 27.3 Å². The Hall–Kier alpha value is -1.48. The molecule has 0 saturated heterocycles. The van der Waals surface area contributed by atoms with Gasteiger partial charge in [-0.05, 0) is 62.2 Å². The minimum atomic E-state index is 0.848. The average Bonchev–Trinajstić information content (AvgIpc) is 2.49. The summed E-state index contributed by atoms with van der Waals surface area (Å²) in [6.45, 7) is 9.44. The number of hydrogen-bond donors (Lipinski definition) is 1. The van der Waals surface area contributed by atoms with Gasteiger partial charge in [0.05, 0.1) is 0 Å². The molecule has 2 aromatic carbocycles. The van der Waals surface area contributed by atoms with Crippen molar-refractivity contribution in [3.05, 3.63) is 58.1 Å². The Labute approximate surface area is 136 Å². The summed E-state index contributed by atoms with van der Waals surface area (Å²) in [6.07, 6.45) is 0. The quantitative estimate of drug-likeness (QED) is 0.771. The number of anilines is 2. The second-order valence-electron chi connectivity index (χ2n) is 5.15. The third-order valence-corrected chi connectivity index (χ3v) is 4.23. The molecule has 2 rings (SSSR count). The van der Waals surface area contributed by atoms with Crippen molar-refractivity contribution in [3.8, 4) is 0 Å². The lowest BCUT2D eigenvalue weighted by Crippen LogP contribution is -2.21. The zero-order valence-corrected chi connectivity index (χ0v) is 14.6. The SMILES string of the molecule is CCN(CC)c1ccc(CNc2ccc(Br)cc2C)cc1. The summed E-state index contributed by atoms with van der Waals surface area (Å²) in [4.78, 5) is 2.36. The van der Waals surface area contributed by atoms with E-state index in [1.54, 1.807) is 0 Å². The smallest absolute Gasteiger partial charge is 0.0400 e. The number of benzene rings is 2. The van der Waals surface area contributed by atoms with Gasteiger partial charge < -0.3 is 10.2 Å². The van der Waals surface area contributed by atoms with Crippen LogP contribution in [0.4, 0.5) is 11.4 Å². The molecule has 0 heterocycles. The fraction of sp³-hybridized carbons (Fsp3) is 0.333. The van der Waals surface area contributed by atoms with Crippen molar-refractivity contribution in [3.63, 3.8) is 0 Å². The van der Waals surface area contributed by atoms with Crippen molar-refractivity contribution < 1.29 is 0 Å². The summed E-state index contributed by atoms with van der Waals surface area (Å²) >= 11 is 3.49. The Bertz CT molecular complexity index is 574. The number of nitrogens with one attached hydrogen (secondary N) is 1. The van der Waals surface area contributed by atoms with E-state index in [4.69, 9.17) is 0 Å². The van der Waals surface area contributed by atoms with E-state index in [0.29, 0.717) is 0 Å². The van der Waals surface area contributed by atoms with E-state index in [2.05, 4.69) is 89.4 Å². The number of rotatable bonds is 6. The van der Waals surface area contributed by atoms with Gasteiger partial charge in [0.2, 0.25) is 0 Å². The predicted octanol–water partition coefficient (Wildman–Crippen LogP) is 5.22. The highest BCUT2D eigenvalue weighted by atomic mass is 79.9. The zero-order valence-electron chi connectivity index (χ0n) is 13.0. The number of nitrogens with zero attached hydrogens (tertiary/aromatic N) is 1.